The van der Waals surface area contributed by atoms with Crippen LogP contribution in [0.2, 0.25) is 0 Å². The average Bonchev–Trinajstić information content (AvgIpc) is 1.94. The smallest absolute Gasteiger partial charge is 0.652 e. The van der Waals surface area contributed by atoms with Crippen molar-refractivity contribution in [2.45, 2.75) is 0 Å². The summed E-state index contributed by atoms with van der Waals surface area (Å²) in [6.45, 7) is 0. The van der Waals surface area contributed by atoms with E-state index in [1.165, 1.54) is 0 Å². The molecule has 20 heteroatoms. The summed E-state index contributed by atoms with van der Waals surface area (Å²) >= 11 is 0. The summed E-state index contributed by atoms with van der Waals surface area (Å²) in [5, 5.41) is 83.3. The van der Waals surface area contributed by atoms with Crippen molar-refractivity contribution in [2.75, 3.05) is 0 Å². The van der Waals surface area contributed by atoms with E-state index in [1.807, 2.05) is 0 Å². The van der Waals surface area contributed by atoms with Crippen molar-refractivity contribution in [3.05, 3.63) is 0 Å². The van der Waals surface area contributed by atoms with Crippen LogP contribution >= 0.6 is 0 Å². The second-order valence-corrected chi connectivity index (χ2v) is 1.25. The fraction of sp³-hybridized carbons (Fsp3) is 0. The van der Waals surface area contributed by atoms with E-state index in [9.17, 15) is 0 Å². The maximum absolute atomic E-state index is 8.33. The maximum Gasteiger partial charge on any atom is 2.00 e. The molecule has 0 aromatic rings. The summed E-state index contributed by atoms with van der Waals surface area (Å²) in [7, 11) is 0. The minimum Gasteiger partial charge on any atom is -0.652 e. The molecule has 0 aromatic carbocycles. The van der Waals surface area contributed by atoms with Crippen molar-refractivity contribution in [2.24, 2.45) is 0 Å². The normalized spacial score (nSPS) is 4.80. The number of hydrogen-bond acceptors (Lipinski definition) is 15. The van der Waals surface area contributed by atoms with E-state index >= 15 is 0 Å². The van der Waals surface area contributed by atoms with Gasteiger partial charge in [0.1, 0.15) is 0 Å². The average molecular weight is 583 g/mol. The van der Waals surface area contributed by atoms with Crippen LogP contribution in [0.1, 0.15) is 0 Å². The van der Waals surface area contributed by atoms with Gasteiger partial charge >= 0.3 is 108 Å². The largest absolute Gasteiger partial charge is 2.00 e. The summed E-state index contributed by atoms with van der Waals surface area (Å²) < 4.78 is 0. The van der Waals surface area contributed by atoms with Gasteiger partial charge < -0.3 is 75.0 Å². The molecule has 0 rings (SSSR count). The molecule has 0 bridgehead atoms. The van der Waals surface area contributed by atoms with E-state index in [0.717, 1.165) is 0 Å². The summed E-state index contributed by atoms with van der Waals surface area (Å²) in [5.41, 5.74) is 0. The van der Waals surface area contributed by atoms with Crippen LogP contribution in [0.4, 0.5) is 24.0 Å². The molecule has 0 aliphatic carbocycles. The number of rotatable bonds is 0. The fourth-order valence-electron chi connectivity index (χ4n) is 0. The predicted octanol–water partition coefficient (Wildman–Crippen LogP) is -12.6. The molecule has 0 aromatic heterocycles. The minimum atomic E-state index is -2.33. The van der Waals surface area contributed by atoms with Crippen LogP contribution in [0.15, 0.2) is 0 Å². The van der Waals surface area contributed by atoms with Gasteiger partial charge in [0, 0.05) is 0 Å². The van der Waals surface area contributed by atoms with Crippen LogP contribution in [0.5, 0.6) is 0 Å². The molecule has 0 unspecified atom stereocenters. The van der Waals surface area contributed by atoms with Crippen molar-refractivity contribution in [3.8, 4) is 0 Å². The van der Waals surface area contributed by atoms with Gasteiger partial charge in [-0.15, -0.1) is 0 Å². The van der Waals surface area contributed by atoms with Crippen molar-refractivity contribution < 1.29 is 145 Å². The second kappa shape index (κ2) is 56.5. The van der Waals surface area contributed by atoms with Gasteiger partial charge in [0.2, 0.25) is 0 Å². The molecule has 25 heavy (non-hydrogen) atoms. The molecule has 3 radical (unpaired) electrons. The van der Waals surface area contributed by atoms with Gasteiger partial charge in [-0.25, -0.2) is 0 Å². The van der Waals surface area contributed by atoms with E-state index in [1.54, 1.807) is 0 Å². The second-order valence-electron chi connectivity index (χ2n) is 1.25. The summed E-state index contributed by atoms with van der Waals surface area (Å²) in [6.07, 6.45) is -11.7. The van der Waals surface area contributed by atoms with E-state index in [0.29, 0.717) is 0 Å². The third-order valence-electron chi connectivity index (χ3n) is 0. The van der Waals surface area contributed by atoms with Crippen LogP contribution in [0.25, 0.3) is 0 Å². The Bertz CT molecular complexity index is 231. The van der Waals surface area contributed by atoms with E-state index < -0.39 is 30.8 Å². The Balaban J connectivity index is -0.0000000134. The maximum atomic E-state index is 8.33. The zero-order valence-electron chi connectivity index (χ0n) is 11.1. The SMILES string of the molecule is O=C([O-])[O-].O=C([O-])[O-].O=C([O-])[O-].O=C([O-])[O-].O=C([O-])[O-].[Ca+2].[Co+2].[Cu+2].[Mn+2].[Zn+2]. The van der Waals surface area contributed by atoms with Crippen LogP contribution in [0.3, 0.4) is 0 Å². The monoisotopic (exact) mass is 581 g/mol. The summed E-state index contributed by atoms with van der Waals surface area (Å²) in [4.78, 5) is 41.7. The summed E-state index contributed by atoms with van der Waals surface area (Å²) in [6, 6.07) is 0. The van der Waals surface area contributed by atoms with Gasteiger partial charge in [-0.2, -0.15) is 0 Å². The third-order valence-corrected chi connectivity index (χ3v) is 0. The van der Waals surface area contributed by atoms with Crippen molar-refractivity contribution in [3.63, 3.8) is 0 Å². The first-order valence-electron chi connectivity index (χ1n) is 3.06. The van der Waals surface area contributed by atoms with Gasteiger partial charge in [-0.3, -0.25) is 0 Å². The molecule has 141 valence electrons. The van der Waals surface area contributed by atoms with Gasteiger partial charge in [0.15, 0.2) is 0 Å². The fourth-order valence-corrected chi connectivity index (χ4v) is 0. The van der Waals surface area contributed by atoms with Crippen molar-refractivity contribution in [1.29, 1.82) is 0 Å². The van der Waals surface area contributed by atoms with Gasteiger partial charge in [0.25, 0.3) is 0 Å². The van der Waals surface area contributed by atoms with Gasteiger partial charge in [-0.05, 0) is 30.8 Å². The zero-order chi connectivity index (χ0) is 17.9. The van der Waals surface area contributed by atoms with Crippen molar-refractivity contribution in [1.82, 2.24) is 0 Å². The number of carbonyl (C=O) groups excluding carboxylic acids is 5. The molecule has 0 spiro atoms. The van der Waals surface area contributed by atoms with E-state index in [2.05, 4.69) is 0 Å². The Morgan fingerprint density at radius 1 is 0.440 bits per heavy atom. The number of hydrogen-bond donors (Lipinski definition) is 0. The van der Waals surface area contributed by atoms with Crippen molar-refractivity contribution >= 4 is 68.5 Å². The predicted molar refractivity (Wildman–Crippen MR) is 32.7 cm³/mol. The van der Waals surface area contributed by atoms with E-state index in [4.69, 9.17) is 75.0 Å². The number of carbonyl (C=O) groups is 5. The molecule has 0 saturated carbocycles. The molecule has 0 amide bonds. The van der Waals surface area contributed by atoms with Crippen LogP contribution < -0.4 is 51.1 Å². The number of carboxylic acid groups (broad SMARTS) is 10. The quantitative estimate of drug-likeness (QED) is 0.239. The Labute approximate surface area is 211 Å². The molecule has 0 heterocycles. The van der Waals surface area contributed by atoms with Crippen LogP contribution in [-0.4, -0.2) is 68.5 Å². The first-order valence-corrected chi connectivity index (χ1v) is 3.06. The molecule has 0 aliphatic rings. The van der Waals surface area contributed by atoms with E-state index in [-0.39, 0.29) is 108 Å². The Hall–Kier alpha value is -0.221. The van der Waals surface area contributed by atoms with Crippen LogP contribution in [0, 0.1) is 0 Å². The van der Waals surface area contributed by atoms with Gasteiger partial charge in [-0.1, -0.05) is 0 Å². The Kier molecular flexibility index (Phi) is 145. The molecular formula is C5CaCoCuMnO15Zn. The Morgan fingerprint density at radius 3 is 0.440 bits per heavy atom. The molecule has 0 atom stereocenters. The zero-order valence-corrected chi connectivity index (χ0v) is 19.4. The summed E-state index contributed by atoms with van der Waals surface area (Å²) in [5.74, 6) is 0. The standard InChI is InChI=1S/5CH2O3.Ca.Co.Cu.Mn.Zn/c5*2-1(3)4;;;;;/h5*(H2,2,3,4);;;;;/q;;;;;5*+2/p-10. The first kappa shape index (κ1) is 64.1. The van der Waals surface area contributed by atoms with Crippen LogP contribution in [-0.2, 0) is 70.4 Å². The minimum absolute atomic E-state index is 0. The topological polar surface area (TPSA) is 316 Å². The molecule has 0 saturated heterocycles. The molecule has 0 aliphatic heterocycles. The Morgan fingerprint density at radius 2 is 0.440 bits per heavy atom. The molecule has 0 fully saturated rings. The molecule has 0 N–H and O–H groups in total. The first-order chi connectivity index (χ1) is 8.66. The van der Waals surface area contributed by atoms with Gasteiger partial charge in [0.05, 0.1) is 0 Å². The molecular weight excluding hydrogens is 583 g/mol. The molecule has 15 nitrogen and oxygen atoms in total. The third kappa shape index (κ3) is 230000.